The van der Waals surface area contributed by atoms with Gasteiger partial charge >= 0.3 is 0 Å². The fraction of sp³-hybridized carbons (Fsp3) is 0.118. The van der Waals surface area contributed by atoms with E-state index in [1.165, 1.54) is 16.4 Å². The third kappa shape index (κ3) is 4.14. The SMILES string of the molecule is CSc1ccccc1NC(=O)CSc1nnc(-c2ccccc2Cl)n1N. The lowest BCUT2D eigenvalue weighted by Gasteiger charge is -2.09. The number of para-hydroxylation sites is 1. The molecule has 3 N–H and O–H groups in total. The van der Waals surface area contributed by atoms with Crippen LogP contribution in [0.5, 0.6) is 0 Å². The number of hydrogen-bond acceptors (Lipinski definition) is 6. The molecular formula is C17H16ClN5OS2. The highest BCUT2D eigenvalue weighted by atomic mass is 35.5. The van der Waals surface area contributed by atoms with E-state index in [4.69, 9.17) is 17.4 Å². The molecule has 0 bridgehead atoms. The highest BCUT2D eigenvalue weighted by Crippen LogP contribution is 2.28. The molecule has 0 aliphatic heterocycles. The fourth-order valence-electron chi connectivity index (χ4n) is 2.27. The number of hydrogen-bond donors (Lipinski definition) is 2. The molecule has 1 amide bonds. The summed E-state index contributed by atoms with van der Waals surface area (Å²) < 4.78 is 1.34. The zero-order valence-electron chi connectivity index (χ0n) is 13.8. The molecule has 0 aliphatic rings. The summed E-state index contributed by atoms with van der Waals surface area (Å²) in [4.78, 5) is 13.2. The number of halogens is 1. The van der Waals surface area contributed by atoms with Crippen molar-refractivity contribution in [1.29, 1.82) is 0 Å². The number of nitrogens with two attached hydrogens (primary N) is 1. The second-order valence-electron chi connectivity index (χ2n) is 5.19. The molecule has 0 fully saturated rings. The zero-order chi connectivity index (χ0) is 18.5. The summed E-state index contributed by atoms with van der Waals surface area (Å²) >= 11 is 8.96. The molecule has 1 heterocycles. The topological polar surface area (TPSA) is 85.8 Å². The molecule has 9 heteroatoms. The number of nitrogen functional groups attached to an aromatic ring is 1. The summed E-state index contributed by atoms with van der Waals surface area (Å²) in [6.45, 7) is 0. The van der Waals surface area contributed by atoms with Crippen molar-refractivity contribution in [3.8, 4) is 11.4 Å². The molecule has 3 aromatic rings. The average Bonchev–Trinajstić information content (AvgIpc) is 3.01. The van der Waals surface area contributed by atoms with Crippen LogP contribution in [0.15, 0.2) is 58.6 Å². The summed E-state index contributed by atoms with van der Waals surface area (Å²) in [7, 11) is 0. The molecule has 0 saturated carbocycles. The van der Waals surface area contributed by atoms with Gasteiger partial charge in [0, 0.05) is 10.5 Å². The number of nitrogens with zero attached hydrogens (tertiary/aromatic N) is 3. The second kappa shape index (κ2) is 8.48. The Hall–Kier alpha value is -2.16. The Morgan fingerprint density at radius 3 is 2.69 bits per heavy atom. The van der Waals surface area contributed by atoms with Gasteiger partial charge in [0.05, 0.1) is 16.5 Å². The van der Waals surface area contributed by atoms with Crippen molar-refractivity contribution < 1.29 is 4.79 Å². The van der Waals surface area contributed by atoms with E-state index in [2.05, 4.69) is 15.5 Å². The number of aromatic nitrogens is 3. The third-order valence-corrected chi connectivity index (χ3v) is 5.56. The lowest BCUT2D eigenvalue weighted by atomic mass is 10.2. The Bertz CT molecular complexity index is 931. The average molecular weight is 406 g/mol. The van der Waals surface area contributed by atoms with Crippen LogP contribution in [0.4, 0.5) is 5.69 Å². The number of thioether (sulfide) groups is 2. The van der Waals surface area contributed by atoms with Gasteiger partial charge in [0.2, 0.25) is 11.1 Å². The maximum atomic E-state index is 12.2. The Kier molecular flexibility index (Phi) is 6.08. The van der Waals surface area contributed by atoms with Gasteiger partial charge in [-0.05, 0) is 30.5 Å². The smallest absolute Gasteiger partial charge is 0.234 e. The molecule has 0 unspecified atom stereocenters. The van der Waals surface area contributed by atoms with Gasteiger partial charge in [0.25, 0.3) is 0 Å². The van der Waals surface area contributed by atoms with Gasteiger partial charge in [-0.3, -0.25) is 4.79 Å². The summed E-state index contributed by atoms with van der Waals surface area (Å²) in [5.41, 5.74) is 1.48. The van der Waals surface area contributed by atoms with E-state index in [1.54, 1.807) is 17.8 Å². The number of nitrogens with one attached hydrogen (secondary N) is 1. The predicted molar refractivity (Wildman–Crippen MR) is 108 cm³/mol. The predicted octanol–water partition coefficient (Wildman–Crippen LogP) is 3.77. The van der Waals surface area contributed by atoms with E-state index in [0.717, 1.165) is 10.6 Å². The third-order valence-electron chi connectivity index (χ3n) is 3.49. The number of anilines is 1. The molecule has 0 saturated heterocycles. The minimum atomic E-state index is -0.140. The summed E-state index contributed by atoms with van der Waals surface area (Å²) in [6, 6.07) is 14.9. The monoisotopic (exact) mass is 405 g/mol. The number of rotatable bonds is 6. The Morgan fingerprint density at radius 1 is 1.19 bits per heavy atom. The molecule has 0 spiro atoms. The van der Waals surface area contributed by atoms with Crippen molar-refractivity contribution in [3.05, 3.63) is 53.6 Å². The second-order valence-corrected chi connectivity index (χ2v) is 7.39. The van der Waals surface area contributed by atoms with Crippen LogP contribution < -0.4 is 11.2 Å². The van der Waals surface area contributed by atoms with Gasteiger partial charge in [0.15, 0.2) is 5.82 Å². The Morgan fingerprint density at radius 2 is 1.92 bits per heavy atom. The van der Waals surface area contributed by atoms with Gasteiger partial charge in [0.1, 0.15) is 0 Å². The van der Waals surface area contributed by atoms with E-state index in [9.17, 15) is 4.79 Å². The number of carbonyl (C=O) groups excluding carboxylic acids is 1. The van der Waals surface area contributed by atoms with E-state index < -0.39 is 0 Å². The quantitative estimate of drug-likeness (QED) is 0.479. The number of amides is 1. The van der Waals surface area contributed by atoms with Gasteiger partial charge in [-0.15, -0.1) is 22.0 Å². The van der Waals surface area contributed by atoms with Gasteiger partial charge in [-0.25, -0.2) is 4.68 Å². The lowest BCUT2D eigenvalue weighted by Crippen LogP contribution is -2.16. The normalized spacial score (nSPS) is 10.7. The maximum absolute atomic E-state index is 12.2. The largest absolute Gasteiger partial charge is 0.335 e. The van der Waals surface area contributed by atoms with Gasteiger partial charge in [-0.1, -0.05) is 47.6 Å². The fourth-order valence-corrected chi connectivity index (χ4v) is 3.70. The first-order valence-corrected chi connectivity index (χ1v) is 10.2. The first-order valence-electron chi connectivity index (χ1n) is 7.61. The van der Waals surface area contributed by atoms with E-state index >= 15 is 0 Å². The minimum absolute atomic E-state index is 0.140. The van der Waals surface area contributed by atoms with Crippen molar-refractivity contribution in [2.24, 2.45) is 0 Å². The minimum Gasteiger partial charge on any atom is -0.335 e. The molecule has 1 aromatic heterocycles. The Balaban J connectivity index is 1.67. The van der Waals surface area contributed by atoms with Crippen molar-refractivity contribution in [2.45, 2.75) is 10.1 Å². The molecule has 26 heavy (non-hydrogen) atoms. The number of benzene rings is 2. The summed E-state index contributed by atoms with van der Waals surface area (Å²) in [5.74, 6) is 6.54. The van der Waals surface area contributed by atoms with Crippen molar-refractivity contribution in [2.75, 3.05) is 23.2 Å². The van der Waals surface area contributed by atoms with Gasteiger partial charge in [-0.2, -0.15) is 0 Å². The highest BCUT2D eigenvalue weighted by Gasteiger charge is 2.16. The molecule has 0 aliphatic carbocycles. The van der Waals surface area contributed by atoms with Gasteiger partial charge < -0.3 is 11.2 Å². The van der Waals surface area contributed by atoms with Crippen LogP contribution in [-0.4, -0.2) is 32.8 Å². The lowest BCUT2D eigenvalue weighted by molar-refractivity contribution is -0.113. The Labute approximate surface area is 164 Å². The first kappa shape index (κ1) is 18.6. The van der Waals surface area contributed by atoms with Crippen LogP contribution >= 0.6 is 35.1 Å². The van der Waals surface area contributed by atoms with Crippen LogP contribution in [-0.2, 0) is 4.79 Å². The van der Waals surface area contributed by atoms with E-state index in [0.29, 0.717) is 21.6 Å². The van der Waals surface area contributed by atoms with Crippen LogP contribution in [0.25, 0.3) is 11.4 Å². The van der Waals surface area contributed by atoms with Crippen molar-refractivity contribution in [1.82, 2.24) is 14.9 Å². The molecule has 0 radical (unpaired) electrons. The van der Waals surface area contributed by atoms with Crippen LogP contribution in [0.3, 0.4) is 0 Å². The standard InChI is InChI=1S/C17H16ClN5OS2/c1-25-14-9-5-4-8-13(14)20-15(24)10-26-17-22-21-16(23(17)19)11-6-2-3-7-12(11)18/h2-9H,10,19H2,1H3,(H,20,24). The first-order chi connectivity index (χ1) is 12.6. The summed E-state index contributed by atoms with van der Waals surface area (Å²) in [5, 5.41) is 12.0. The van der Waals surface area contributed by atoms with Crippen LogP contribution in [0, 0.1) is 0 Å². The van der Waals surface area contributed by atoms with Crippen molar-refractivity contribution in [3.63, 3.8) is 0 Å². The molecule has 134 valence electrons. The summed E-state index contributed by atoms with van der Waals surface area (Å²) in [6.07, 6.45) is 1.97. The van der Waals surface area contributed by atoms with E-state index in [1.807, 2.05) is 48.7 Å². The zero-order valence-corrected chi connectivity index (χ0v) is 16.2. The molecule has 0 atom stereocenters. The van der Waals surface area contributed by atoms with E-state index in [-0.39, 0.29) is 11.7 Å². The molecule has 3 rings (SSSR count). The molecular weight excluding hydrogens is 390 g/mol. The van der Waals surface area contributed by atoms with Crippen molar-refractivity contribution >= 4 is 46.7 Å². The highest BCUT2D eigenvalue weighted by molar-refractivity contribution is 7.99. The van der Waals surface area contributed by atoms with Crippen LogP contribution in [0.1, 0.15) is 0 Å². The maximum Gasteiger partial charge on any atom is 0.234 e. The molecule has 6 nitrogen and oxygen atoms in total. The molecule has 2 aromatic carbocycles. The van der Waals surface area contributed by atoms with Crippen LogP contribution in [0.2, 0.25) is 5.02 Å². The number of carbonyl (C=O) groups is 1.